The minimum atomic E-state index is -0.862. The van der Waals surface area contributed by atoms with E-state index in [0.29, 0.717) is 12.8 Å². The van der Waals surface area contributed by atoms with E-state index < -0.39 is 29.2 Å². The van der Waals surface area contributed by atoms with Gasteiger partial charge in [0, 0.05) is 5.41 Å². The molecule has 4 heteroatoms. The number of aliphatic carboxylic acids is 2. The summed E-state index contributed by atoms with van der Waals surface area (Å²) in [4.78, 5) is 23.5. The molecule has 148 valence electrons. The van der Waals surface area contributed by atoms with E-state index in [0.717, 1.165) is 33.0 Å². The van der Waals surface area contributed by atoms with Crippen LogP contribution < -0.4 is 0 Å². The lowest BCUT2D eigenvalue weighted by Crippen LogP contribution is -2.34. The second-order valence-corrected chi connectivity index (χ2v) is 8.26. The summed E-state index contributed by atoms with van der Waals surface area (Å²) in [5.74, 6) is -2.92. The fraction of sp³-hybridized carbons (Fsp3) is 0.280. The maximum atomic E-state index is 11.8. The molecule has 0 fully saturated rings. The van der Waals surface area contributed by atoms with E-state index >= 15 is 0 Å². The van der Waals surface area contributed by atoms with Gasteiger partial charge in [-0.15, -0.1) is 0 Å². The molecule has 0 saturated heterocycles. The molecule has 3 aromatic rings. The Balaban J connectivity index is 2.02. The van der Waals surface area contributed by atoms with Crippen molar-refractivity contribution in [3.8, 4) is 11.1 Å². The highest BCUT2D eigenvalue weighted by molar-refractivity contribution is 5.94. The first-order chi connectivity index (χ1) is 13.8. The Morgan fingerprint density at radius 2 is 1.28 bits per heavy atom. The van der Waals surface area contributed by atoms with E-state index in [1.165, 1.54) is 0 Å². The second-order valence-electron chi connectivity index (χ2n) is 8.26. The van der Waals surface area contributed by atoms with E-state index in [4.69, 9.17) is 0 Å². The van der Waals surface area contributed by atoms with Crippen LogP contribution in [0, 0.1) is 11.8 Å². The van der Waals surface area contributed by atoms with Crippen molar-refractivity contribution in [2.45, 2.75) is 32.1 Å². The first-order valence-corrected chi connectivity index (χ1v) is 9.92. The summed E-state index contributed by atoms with van der Waals surface area (Å²) in [5, 5.41) is 21.5. The van der Waals surface area contributed by atoms with Crippen LogP contribution in [0.5, 0.6) is 0 Å². The standard InChI is InChI=1S/C25H24O4/c1-15(23(26)27)13-25(14-16(2)24(28)29)21-10-6-5-9-19(21)20-11-17-7-3-4-8-18(17)12-22(20)25/h3-12,15-16H,13-14H2,1-2H3,(H,26,27)(H,28,29). The second kappa shape index (κ2) is 7.03. The minimum Gasteiger partial charge on any atom is -0.481 e. The van der Waals surface area contributed by atoms with Gasteiger partial charge in [-0.1, -0.05) is 62.4 Å². The monoisotopic (exact) mass is 388 g/mol. The van der Waals surface area contributed by atoms with Crippen molar-refractivity contribution in [3.05, 3.63) is 71.8 Å². The molecule has 2 atom stereocenters. The quantitative estimate of drug-likeness (QED) is 0.599. The molecule has 4 rings (SSSR count). The summed E-state index contributed by atoms with van der Waals surface area (Å²) in [6, 6.07) is 20.4. The lowest BCUT2D eigenvalue weighted by atomic mass is 9.67. The summed E-state index contributed by atoms with van der Waals surface area (Å²) in [5.41, 5.74) is 3.58. The third-order valence-electron chi connectivity index (χ3n) is 6.29. The average Bonchev–Trinajstić information content (AvgIpc) is 2.95. The molecule has 0 amide bonds. The Morgan fingerprint density at radius 3 is 1.86 bits per heavy atom. The lowest BCUT2D eigenvalue weighted by molar-refractivity contribution is -0.142. The highest BCUT2D eigenvalue weighted by Gasteiger charge is 2.46. The number of hydrogen-bond acceptors (Lipinski definition) is 2. The van der Waals surface area contributed by atoms with Crippen molar-refractivity contribution in [2.75, 3.05) is 0 Å². The SMILES string of the molecule is CC(CC1(CC(C)C(=O)O)c2ccccc2-c2cc3ccccc3cc21)C(=O)O. The first-order valence-electron chi connectivity index (χ1n) is 9.92. The fourth-order valence-electron chi connectivity index (χ4n) is 4.88. The highest BCUT2D eigenvalue weighted by atomic mass is 16.4. The number of fused-ring (bicyclic) bond motifs is 4. The van der Waals surface area contributed by atoms with Crippen LogP contribution in [-0.4, -0.2) is 22.2 Å². The smallest absolute Gasteiger partial charge is 0.306 e. The molecular formula is C25H24O4. The Morgan fingerprint density at radius 1 is 0.759 bits per heavy atom. The molecule has 0 saturated carbocycles. The normalized spacial score (nSPS) is 19.4. The molecule has 1 aliphatic rings. The molecule has 2 N–H and O–H groups in total. The third-order valence-corrected chi connectivity index (χ3v) is 6.29. The van der Waals surface area contributed by atoms with Gasteiger partial charge < -0.3 is 10.2 Å². The summed E-state index contributed by atoms with van der Waals surface area (Å²) >= 11 is 0. The van der Waals surface area contributed by atoms with E-state index in [1.807, 2.05) is 36.4 Å². The van der Waals surface area contributed by atoms with Gasteiger partial charge in [-0.2, -0.15) is 0 Å². The maximum absolute atomic E-state index is 11.8. The molecule has 2 unspecified atom stereocenters. The van der Waals surface area contributed by atoms with E-state index in [1.54, 1.807) is 13.8 Å². The maximum Gasteiger partial charge on any atom is 0.306 e. The number of benzene rings is 3. The van der Waals surface area contributed by atoms with Gasteiger partial charge in [0.15, 0.2) is 0 Å². The predicted octanol–water partition coefficient (Wildman–Crippen LogP) is 5.33. The molecule has 3 aromatic carbocycles. The molecular weight excluding hydrogens is 364 g/mol. The molecule has 29 heavy (non-hydrogen) atoms. The van der Waals surface area contributed by atoms with Crippen LogP contribution in [-0.2, 0) is 15.0 Å². The first kappa shape index (κ1) is 19.2. The zero-order chi connectivity index (χ0) is 20.8. The van der Waals surface area contributed by atoms with Crippen LogP contribution in [0.2, 0.25) is 0 Å². The number of hydrogen-bond donors (Lipinski definition) is 2. The van der Waals surface area contributed by atoms with Crippen LogP contribution in [0.3, 0.4) is 0 Å². The number of carboxylic acids is 2. The summed E-state index contributed by atoms with van der Waals surface area (Å²) in [6.07, 6.45) is 0.727. The molecule has 0 heterocycles. The van der Waals surface area contributed by atoms with Crippen molar-refractivity contribution in [2.24, 2.45) is 11.8 Å². The van der Waals surface area contributed by atoms with Gasteiger partial charge in [-0.05, 0) is 58.0 Å². The van der Waals surface area contributed by atoms with Crippen LogP contribution in [0.1, 0.15) is 37.8 Å². The Bertz CT molecular complexity index is 1090. The molecule has 0 radical (unpaired) electrons. The van der Waals surface area contributed by atoms with Gasteiger partial charge in [0.1, 0.15) is 0 Å². The molecule has 4 nitrogen and oxygen atoms in total. The lowest BCUT2D eigenvalue weighted by Gasteiger charge is -2.35. The summed E-state index contributed by atoms with van der Waals surface area (Å²) in [6.45, 7) is 3.41. The Kier molecular flexibility index (Phi) is 4.65. The highest BCUT2D eigenvalue weighted by Crippen LogP contribution is 2.55. The van der Waals surface area contributed by atoms with Gasteiger partial charge in [0.2, 0.25) is 0 Å². The average molecular weight is 388 g/mol. The van der Waals surface area contributed by atoms with E-state index in [2.05, 4.69) is 24.3 Å². The van der Waals surface area contributed by atoms with Crippen LogP contribution in [0.4, 0.5) is 0 Å². The van der Waals surface area contributed by atoms with Gasteiger partial charge in [0.05, 0.1) is 11.8 Å². The van der Waals surface area contributed by atoms with Crippen molar-refractivity contribution >= 4 is 22.7 Å². The summed E-state index contributed by atoms with van der Waals surface area (Å²) < 4.78 is 0. The van der Waals surface area contributed by atoms with E-state index in [-0.39, 0.29) is 0 Å². The molecule has 0 bridgehead atoms. The molecule has 1 aliphatic carbocycles. The van der Waals surface area contributed by atoms with Crippen molar-refractivity contribution in [3.63, 3.8) is 0 Å². The van der Waals surface area contributed by atoms with Gasteiger partial charge >= 0.3 is 11.9 Å². The Labute approximate surface area is 169 Å². The Hall–Kier alpha value is -3.14. The topological polar surface area (TPSA) is 74.6 Å². The van der Waals surface area contributed by atoms with Gasteiger partial charge in [-0.3, -0.25) is 9.59 Å². The van der Waals surface area contributed by atoms with Crippen LogP contribution in [0.15, 0.2) is 60.7 Å². The van der Waals surface area contributed by atoms with Gasteiger partial charge in [-0.25, -0.2) is 0 Å². The van der Waals surface area contributed by atoms with Gasteiger partial charge in [0.25, 0.3) is 0 Å². The molecule has 0 aromatic heterocycles. The summed E-state index contributed by atoms with van der Waals surface area (Å²) in [7, 11) is 0. The number of rotatable bonds is 6. The van der Waals surface area contributed by atoms with Crippen molar-refractivity contribution in [1.82, 2.24) is 0 Å². The zero-order valence-corrected chi connectivity index (χ0v) is 16.6. The number of carbonyl (C=O) groups is 2. The van der Waals surface area contributed by atoms with E-state index in [9.17, 15) is 19.8 Å². The van der Waals surface area contributed by atoms with Crippen molar-refractivity contribution in [1.29, 1.82) is 0 Å². The predicted molar refractivity (Wildman–Crippen MR) is 113 cm³/mol. The zero-order valence-electron chi connectivity index (χ0n) is 16.6. The van der Waals surface area contributed by atoms with Crippen molar-refractivity contribution < 1.29 is 19.8 Å². The number of carboxylic acid groups (broad SMARTS) is 2. The largest absolute Gasteiger partial charge is 0.481 e. The molecule has 0 spiro atoms. The fourth-order valence-corrected chi connectivity index (χ4v) is 4.88. The van der Waals surface area contributed by atoms with Crippen LogP contribution in [0.25, 0.3) is 21.9 Å². The minimum absolute atomic E-state index is 0.363. The van der Waals surface area contributed by atoms with Crippen LogP contribution >= 0.6 is 0 Å². The third kappa shape index (κ3) is 3.09. The molecule has 0 aliphatic heterocycles.